The van der Waals surface area contributed by atoms with Crippen LogP contribution < -0.4 is 11.0 Å². The first-order chi connectivity index (χ1) is 5.81. The number of hydrogen-bond acceptors (Lipinski definition) is 3. The molecule has 0 saturated carbocycles. The van der Waals surface area contributed by atoms with Crippen molar-refractivity contribution in [2.45, 2.75) is 45.8 Å². The maximum atomic E-state index is 5.61. The fraction of sp³-hybridized carbons (Fsp3) is 1.00. The van der Waals surface area contributed by atoms with Gasteiger partial charge in [0.15, 0.2) is 0 Å². The third-order valence-electron chi connectivity index (χ3n) is 1.57. The van der Waals surface area contributed by atoms with E-state index in [1.165, 1.54) is 12.8 Å². The predicted molar refractivity (Wildman–Crippen MR) is 52.6 cm³/mol. The molecule has 71 valence electrons. The Balaban J connectivity index is 2.97. The van der Waals surface area contributed by atoms with Gasteiger partial charge in [-0.2, -0.15) is 0 Å². The summed E-state index contributed by atoms with van der Waals surface area (Å²) >= 11 is 0. The van der Waals surface area contributed by atoms with E-state index in [0.717, 1.165) is 19.4 Å². The zero-order valence-electron chi connectivity index (χ0n) is 8.18. The van der Waals surface area contributed by atoms with Crippen LogP contribution in [0, 0.1) is 0 Å². The van der Waals surface area contributed by atoms with Gasteiger partial charge >= 0.3 is 7.62 Å². The van der Waals surface area contributed by atoms with Crippen LogP contribution in [0.15, 0.2) is 0 Å². The highest BCUT2D eigenvalue weighted by molar-refractivity contribution is 6.23. The molecule has 0 aromatic rings. The molecule has 3 nitrogen and oxygen atoms in total. The fourth-order valence-corrected chi connectivity index (χ4v) is 0.826. The normalized spacial score (nSPS) is 12.9. The van der Waals surface area contributed by atoms with Gasteiger partial charge in [-0.1, -0.05) is 26.7 Å². The molecule has 0 spiro atoms. The van der Waals surface area contributed by atoms with Gasteiger partial charge in [0.2, 0.25) is 0 Å². The maximum absolute atomic E-state index is 5.61. The van der Waals surface area contributed by atoms with E-state index in [2.05, 4.69) is 19.1 Å². The first-order valence-corrected chi connectivity index (χ1v) is 4.77. The van der Waals surface area contributed by atoms with E-state index in [1.54, 1.807) is 7.62 Å². The summed E-state index contributed by atoms with van der Waals surface area (Å²) in [5.41, 5.74) is 5.61. The minimum absolute atomic E-state index is 0.149. The molecule has 0 saturated heterocycles. The van der Waals surface area contributed by atoms with Crippen LogP contribution in [-0.4, -0.2) is 20.4 Å². The van der Waals surface area contributed by atoms with E-state index in [4.69, 9.17) is 10.4 Å². The minimum Gasteiger partial charge on any atom is -0.409 e. The number of nitrogens with one attached hydrogen (secondary N) is 1. The second kappa shape index (κ2) is 9.04. The second-order valence-electron chi connectivity index (χ2n) is 2.89. The van der Waals surface area contributed by atoms with Crippen molar-refractivity contribution in [2.24, 2.45) is 5.73 Å². The van der Waals surface area contributed by atoms with Gasteiger partial charge < -0.3 is 15.6 Å². The molecule has 0 aliphatic carbocycles. The average Bonchev–Trinajstić information content (AvgIpc) is 2.05. The molecule has 1 atom stereocenters. The highest BCUT2D eigenvalue weighted by Gasteiger charge is 2.00. The molecule has 12 heavy (non-hydrogen) atoms. The van der Waals surface area contributed by atoms with Crippen molar-refractivity contribution < 1.29 is 4.65 Å². The number of hydrogen-bond donors (Lipinski definition) is 2. The van der Waals surface area contributed by atoms with Crippen molar-refractivity contribution in [3.05, 3.63) is 0 Å². The minimum atomic E-state index is -0.149. The fourth-order valence-electron chi connectivity index (χ4n) is 0.826. The molecule has 1 unspecified atom stereocenters. The van der Waals surface area contributed by atoms with E-state index in [0.29, 0.717) is 0 Å². The topological polar surface area (TPSA) is 47.3 Å². The van der Waals surface area contributed by atoms with Crippen LogP contribution in [0.2, 0.25) is 0 Å². The molecule has 0 rings (SSSR count). The Morgan fingerprint density at radius 3 is 2.75 bits per heavy atom. The maximum Gasteiger partial charge on any atom is 0.396 e. The Morgan fingerprint density at radius 1 is 1.42 bits per heavy atom. The summed E-state index contributed by atoms with van der Waals surface area (Å²) in [7, 11) is 1.61. The summed E-state index contributed by atoms with van der Waals surface area (Å²) in [5, 5.41) is 3.05. The summed E-state index contributed by atoms with van der Waals surface area (Å²) in [5.74, 6) is 0. The first-order valence-electron chi connectivity index (χ1n) is 4.77. The van der Waals surface area contributed by atoms with Gasteiger partial charge in [-0.25, -0.2) is 0 Å². The zero-order valence-corrected chi connectivity index (χ0v) is 8.18. The lowest BCUT2D eigenvalue weighted by Crippen LogP contribution is -2.32. The van der Waals surface area contributed by atoms with E-state index < -0.39 is 0 Å². The van der Waals surface area contributed by atoms with Gasteiger partial charge in [-0.05, 0) is 19.4 Å². The lowest BCUT2D eigenvalue weighted by molar-refractivity contribution is 0.203. The Bertz CT molecular complexity index is 93.1. The van der Waals surface area contributed by atoms with Crippen LogP contribution in [0.5, 0.6) is 0 Å². The average molecular weight is 171 g/mol. The van der Waals surface area contributed by atoms with Gasteiger partial charge in [0.1, 0.15) is 0 Å². The molecule has 0 aliphatic rings. The molecule has 0 heterocycles. The van der Waals surface area contributed by atoms with Crippen LogP contribution >= 0.6 is 0 Å². The third kappa shape index (κ3) is 8.05. The summed E-state index contributed by atoms with van der Waals surface area (Å²) in [4.78, 5) is 0. The molecule has 0 fully saturated rings. The SMILES string of the molecule is CCCCN[B]OC(N)CCC. The van der Waals surface area contributed by atoms with E-state index >= 15 is 0 Å². The molecule has 0 bridgehead atoms. The third-order valence-corrected chi connectivity index (χ3v) is 1.57. The molecule has 3 N–H and O–H groups in total. The number of unbranched alkanes of at least 4 members (excludes halogenated alkanes) is 1. The van der Waals surface area contributed by atoms with Gasteiger partial charge in [0.05, 0.1) is 6.23 Å². The van der Waals surface area contributed by atoms with Crippen LogP contribution in [0.3, 0.4) is 0 Å². The Morgan fingerprint density at radius 2 is 2.17 bits per heavy atom. The highest BCUT2D eigenvalue weighted by Crippen LogP contribution is 1.92. The van der Waals surface area contributed by atoms with E-state index in [-0.39, 0.29) is 6.23 Å². The van der Waals surface area contributed by atoms with E-state index in [9.17, 15) is 0 Å². The van der Waals surface area contributed by atoms with Crippen molar-refractivity contribution in [2.75, 3.05) is 6.54 Å². The summed E-state index contributed by atoms with van der Waals surface area (Å²) in [6.07, 6.45) is 4.19. The molecular weight excluding hydrogens is 151 g/mol. The lowest BCUT2D eigenvalue weighted by atomic mass is 10.2. The van der Waals surface area contributed by atoms with Crippen LogP contribution in [0.4, 0.5) is 0 Å². The molecule has 1 radical (unpaired) electrons. The molecule has 0 aromatic carbocycles. The van der Waals surface area contributed by atoms with Gasteiger partial charge in [-0.15, -0.1) is 0 Å². The Hall–Kier alpha value is -0.0551. The van der Waals surface area contributed by atoms with Crippen LogP contribution in [-0.2, 0) is 4.65 Å². The Labute approximate surface area is 76.3 Å². The van der Waals surface area contributed by atoms with Gasteiger partial charge in [-0.3, -0.25) is 0 Å². The van der Waals surface area contributed by atoms with Crippen molar-refractivity contribution in [1.82, 2.24) is 5.23 Å². The Kier molecular flexibility index (Phi) is 8.99. The van der Waals surface area contributed by atoms with Crippen LogP contribution in [0.25, 0.3) is 0 Å². The molecule has 0 aromatic heterocycles. The van der Waals surface area contributed by atoms with Crippen molar-refractivity contribution >= 4 is 7.62 Å². The predicted octanol–water partition coefficient (Wildman–Crippen LogP) is 1.01. The first kappa shape index (κ1) is 11.9. The van der Waals surface area contributed by atoms with Gasteiger partial charge in [0.25, 0.3) is 0 Å². The lowest BCUT2D eigenvalue weighted by Gasteiger charge is -2.10. The van der Waals surface area contributed by atoms with Crippen molar-refractivity contribution in [3.8, 4) is 0 Å². The number of rotatable bonds is 8. The van der Waals surface area contributed by atoms with Crippen molar-refractivity contribution in [3.63, 3.8) is 0 Å². The smallest absolute Gasteiger partial charge is 0.396 e. The summed E-state index contributed by atoms with van der Waals surface area (Å²) in [6.45, 7) is 5.22. The summed E-state index contributed by atoms with van der Waals surface area (Å²) < 4.78 is 5.17. The monoisotopic (exact) mass is 171 g/mol. The molecule has 4 heteroatoms. The van der Waals surface area contributed by atoms with Crippen LogP contribution in [0.1, 0.15) is 39.5 Å². The quantitative estimate of drug-likeness (QED) is 0.325. The second-order valence-corrected chi connectivity index (χ2v) is 2.89. The highest BCUT2D eigenvalue weighted by atomic mass is 16.5. The zero-order chi connectivity index (χ0) is 9.23. The standard InChI is InChI=1S/C8H20BN2O/c1-3-5-7-11-9-12-8(10)6-4-2/h8,11H,3-7,10H2,1-2H3. The largest absolute Gasteiger partial charge is 0.409 e. The molecule has 0 amide bonds. The van der Waals surface area contributed by atoms with E-state index in [1.807, 2.05) is 0 Å². The number of nitrogens with two attached hydrogens (primary N) is 1. The molecular formula is C8H20BN2O. The van der Waals surface area contributed by atoms with Crippen molar-refractivity contribution in [1.29, 1.82) is 0 Å². The van der Waals surface area contributed by atoms with Gasteiger partial charge in [0, 0.05) is 0 Å². The summed E-state index contributed by atoms with van der Waals surface area (Å²) in [6, 6.07) is 0. The molecule has 0 aliphatic heterocycles.